The molecule has 0 radical (unpaired) electrons. The molecule has 1 aromatic heterocycles. The molecule has 5 N–H and O–H groups in total. The number of nitrogen functional groups attached to an aromatic ring is 1. The molecule has 0 saturated carbocycles. The van der Waals surface area contributed by atoms with Crippen molar-refractivity contribution in [2.45, 2.75) is 45.1 Å². The minimum atomic E-state index is -0.933. The van der Waals surface area contributed by atoms with Crippen molar-refractivity contribution < 1.29 is 24.6 Å². The van der Waals surface area contributed by atoms with E-state index in [0.717, 1.165) is 15.8 Å². The van der Waals surface area contributed by atoms with Gasteiger partial charge in [0.1, 0.15) is 12.2 Å². The topological polar surface area (TPSA) is 156 Å². The molecule has 4 amide bonds. The van der Waals surface area contributed by atoms with Crippen LogP contribution in [-0.4, -0.2) is 84.7 Å². The fourth-order valence-electron chi connectivity index (χ4n) is 6.14. The molecule has 2 atom stereocenters. The minimum absolute atomic E-state index is 0.0877. The van der Waals surface area contributed by atoms with Crippen LogP contribution in [0.4, 0.5) is 9.93 Å². The summed E-state index contributed by atoms with van der Waals surface area (Å²) in [6.45, 7) is 2.68. The summed E-state index contributed by atoms with van der Waals surface area (Å²) in [6, 6.07) is 13.8. The van der Waals surface area contributed by atoms with Crippen LogP contribution >= 0.6 is 34.5 Å². The molecule has 2 saturated heterocycles. The van der Waals surface area contributed by atoms with Crippen LogP contribution in [0.1, 0.15) is 30.0 Å². The minimum Gasteiger partial charge on any atom is -0.504 e. The average molecular weight is 699 g/mol. The van der Waals surface area contributed by atoms with Gasteiger partial charge < -0.3 is 31.1 Å². The predicted molar refractivity (Wildman–Crippen MR) is 180 cm³/mol. The van der Waals surface area contributed by atoms with Crippen LogP contribution in [0.2, 0.25) is 10.0 Å². The summed E-state index contributed by atoms with van der Waals surface area (Å²) in [4.78, 5) is 49.3. The van der Waals surface area contributed by atoms with E-state index < -0.39 is 18.2 Å². The van der Waals surface area contributed by atoms with Crippen LogP contribution in [0.25, 0.3) is 10.2 Å². The smallest absolute Gasteiger partial charge is 0.332 e. The molecular weight excluding hydrogens is 665 g/mol. The van der Waals surface area contributed by atoms with Crippen LogP contribution < -0.4 is 11.1 Å². The van der Waals surface area contributed by atoms with E-state index in [1.54, 1.807) is 39.1 Å². The maximum Gasteiger partial charge on any atom is 0.332 e. The number of hydrogen-bond acceptors (Lipinski definition) is 9. The quantitative estimate of drug-likeness (QED) is 0.186. The highest BCUT2D eigenvalue weighted by Crippen LogP contribution is 2.34. The number of anilines is 1. The van der Waals surface area contributed by atoms with E-state index in [1.807, 2.05) is 25.1 Å². The summed E-state index contributed by atoms with van der Waals surface area (Å²) >= 11 is 13.6. The number of benzene rings is 3. The summed E-state index contributed by atoms with van der Waals surface area (Å²) in [5.74, 6) is -1.20. The number of amides is 4. The Labute approximate surface area is 284 Å². The molecule has 0 spiro atoms. The van der Waals surface area contributed by atoms with E-state index in [2.05, 4.69) is 10.3 Å². The second kappa shape index (κ2) is 13.4. The number of para-hydroxylation sites is 1. The third-order valence-corrected chi connectivity index (χ3v) is 9.91. The fourth-order valence-corrected chi connectivity index (χ4v) is 7.25. The number of phenols is 2. The Bertz CT molecular complexity index is 1860. The number of urea groups is 1. The lowest BCUT2D eigenvalue weighted by Gasteiger charge is -2.46. The summed E-state index contributed by atoms with van der Waals surface area (Å²) < 4.78 is 0.896. The SMILES string of the molecule is CCCN(C(=O)NCc1ccc(Cl)c(Cl)c1)N1CC(=O)N2[C@@H](Cc3ccc(O)c(O)c3)C(=O)N(Cc3cccc4sc(N)nc34)C[C@@H]21. The molecule has 15 heteroatoms. The van der Waals surface area contributed by atoms with Gasteiger partial charge in [0.25, 0.3) is 0 Å². The Balaban J connectivity index is 1.31. The molecule has 12 nitrogen and oxygen atoms in total. The lowest BCUT2D eigenvalue weighted by atomic mass is 9.99. The first-order chi connectivity index (χ1) is 22.5. The van der Waals surface area contributed by atoms with Crippen molar-refractivity contribution in [3.8, 4) is 11.5 Å². The first kappa shape index (κ1) is 32.6. The van der Waals surface area contributed by atoms with Crippen molar-refractivity contribution in [2.75, 3.05) is 25.4 Å². The van der Waals surface area contributed by atoms with Gasteiger partial charge in [-0.3, -0.25) is 14.6 Å². The normalized spacial score (nSPS) is 18.2. The number of nitrogens with two attached hydrogens (primary N) is 1. The summed E-state index contributed by atoms with van der Waals surface area (Å²) in [5.41, 5.74) is 8.83. The molecule has 2 fully saturated rings. The van der Waals surface area contributed by atoms with Gasteiger partial charge in [-0.1, -0.05) is 65.7 Å². The van der Waals surface area contributed by atoms with Crippen molar-refractivity contribution in [2.24, 2.45) is 0 Å². The molecular formula is C32H33Cl2N7O5S. The second-order valence-corrected chi connectivity index (χ2v) is 13.4. The van der Waals surface area contributed by atoms with Gasteiger partial charge >= 0.3 is 6.03 Å². The molecule has 6 rings (SSSR count). The zero-order valence-electron chi connectivity index (χ0n) is 25.4. The highest BCUT2D eigenvalue weighted by Gasteiger charge is 2.52. The number of carbonyl (C=O) groups excluding carboxylic acids is 3. The standard InChI is InChI=1S/C32H33Cl2N7O5S/c1-2-10-39(32(46)36-14-19-6-8-21(33)22(34)11-19)40-17-28(44)41-23(12-18-7-9-24(42)25(43)13-18)30(45)38(16-27(40)41)15-20-4-3-5-26-29(20)37-31(35)47-26/h3-9,11,13,23,27,42-43H,2,10,12,14-17H2,1H3,(H2,35,37)(H,36,46)/t23-,27+/m0/s1. The number of rotatable bonds is 9. The summed E-state index contributed by atoms with van der Waals surface area (Å²) in [6.07, 6.45) is 0.0478. The van der Waals surface area contributed by atoms with Crippen LogP contribution in [0, 0.1) is 0 Å². The summed E-state index contributed by atoms with van der Waals surface area (Å²) in [5, 5.41) is 27.4. The van der Waals surface area contributed by atoms with Gasteiger partial charge in [0.15, 0.2) is 16.6 Å². The van der Waals surface area contributed by atoms with Gasteiger partial charge in [0.2, 0.25) is 11.8 Å². The van der Waals surface area contributed by atoms with Crippen LogP contribution in [0.15, 0.2) is 54.6 Å². The molecule has 246 valence electrons. The molecule has 3 aromatic carbocycles. The van der Waals surface area contributed by atoms with Gasteiger partial charge in [-0.25, -0.2) is 9.78 Å². The largest absolute Gasteiger partial charge is 0.504 e. The van der Waals surface area contributed by atoms with Crippen LogP contribution in [0.5, 0.6) is 11.5 Å². The third kappa shape index (κ3) is 6.61. The van der Waals surface area contributed by atoms with Crippen molar-refractivity contribution in [3.63, 3.8) is 0 Å². The Morgan fingerprint density at radius 2 is 1.87 bits per heavy atom. The molecule has 4 aromatic rings. The fraction of sp³-hybridized carbons (Fsp3) is 0.312. The zero-order valence-corrected chi connectivity index (χ0v) is 27.7. The molecule has 2 aliphatic rings. The van der Waals surface area contributed by atoms with Gasteiger partial charge in [-0.2, -0.15) is 5.01 Å². The number of halogens is 2. The number of aromatic hydroxyl groups is 2. The number of carbonyl (C=O) groups is 3. The number of hydrazine groups is 1. The average Bonchev–Trinajstić information content (AvgIpc) is 3.59. The van der Waals surface area contributed by atoms with Crippen molar-refractivity contribution in [3.05, 3.63) is 81.3 Å². The number of phenolic OH excluding ortho intramolecular Hbond substituents is 2. The molecule has 0 aliphatic carbocycles. The molecule has 0 unspecified atom stereocenters. The van der Waals surface area contributed by atoms with Gasteiger partial charge in [0, 0.05) is 26.1 Å². The Kier molecular flexibility index (Phi) is 9.33. The van der Waals surface area contributed by atoms with Crippen LogP contribution in [0.3, 0.4) is 0 Å². The Hall–Kier alpha value is -4.30. The number of nitrogens with one attached hydrogen (secondary N) is 1. The molecule has 47 heavy (non-hydrogen) atoms. The van der Waals surface area contributed by atoms with Gasteiger partial charge in [-0.05, 0) is 53.4 Å². The van der Waals surface area contributed by atoms with E-state index in [0.29, 0.717) is 39.2 Å². The van der Waals surface area contributed by atoms with E-state index in [-0.39, 0.29) is 55.9 Å². The Morgan fingerprint density at radius 3 is 2.62 bits per heavy atom. The molecule has 3 heterocycles. The zero-order chi connectivity index (χ0) is 33.4. The number of nitrogens with zero attached hydrogens (tertiary/aromatic N) is 5. The lowest BCUT2D eigenvalue weighted by Crippen LogP contribution is -2.66. The highest BCUT2D eigenvalue weighted by atomic mass is 35.5. The van der Waals surface area contributed by atoms with Crippen molar-refractivity contribution in [1.29, 1.82) is 0 Å². The van der Waals surface area contributed by atoms with Gasteiger partial charge in [-0.15, -0.1) is 0 Å². The van der Waals surface area contributed by atoms with E-state index in [4.69, 9.17) is 28.9 Å². The van der Waals surface area contributed by atoms with E-state index in [9.17, 15) is 24.6 Å². The maximum atomic E-state index is 14.2. The van der Waals surface area contributed by atoms with Gasteiger partial charge in [0.05, 0.1) is 33.4 Å². The lowest BCUT2D eigenvalue weighted by molar-refractivity contribution is -0.157. The second-order valence-electron chi connectivity index (χ2n) is 11.5. The van der Waals surface area contributed by atoms with Crippen molar-refractivity contribution in [1.82, 2.24) is 30.1 Å². The van der Waals surface area contributed by atoms with E-state index >= 15 is 0 Å². The first-order valence-electron chi connectivity index (χ1n) is 15.0. The molecule has 0 bridgehead atoms. The highest BCUT2D eigenvalue weighted by molar-refractivity contribution is 7.22. The number of piperazine rings is 1. The number of hydrogen-bond donors (Lipinski definition) is 4. The number of fused-ring (bicyclic) bond motifs is 2. The van der Waals surface area contributed by atoms with Crippen molar-refractivity contribution >= 4 is 67.7 Å². The van der Waals surface area contributed by atoms with Crippen LogP contribution in [-0.2, 0) is 29.1 Å². The molecule has 2 aliphatic heterocycles. The first-order valence-corrected chi connectivity index (χ1v) is 16.6. The summed E-state index contributed by atoms with van der Waals surface area (Å²) in [7, 11) is 0. The monoisotopic (exact) mass is 697 g/mol. The predicted octanol–water partition coefficient (Wildman–Crippen LogP) is 4.56. The maximum absolute atomic E-state index is 14.2. The third-order valence-electron chi connectivity index (χ3n) is 8.32. The number of aromatic nitrogens is 1. The Morgan fingerprint density at radius 1 is 1.09 bits per heavy atom. The van der Waals surface area contributed by atoms with E-state index in [1.165, 1.54) is 28.5 Å². The number of thiazole rings is 1.